The van der Waals surface area contributed by atoms with Gasteiger partial charge in [0, 0.05) is 38.5 Å². The molecule has 2 unspecified atom stereocenters. The molecule has 2 aliphatic heterocycles. The lowest BCUT2D eigenvalue weighted by molar-refractivity contribution is -0.133. The van der Waals surface area contributed by atoms with Crippen LogP contribution in [0.5, 0.6) is 0 Å². The zero-order valence-electron chi connectivity index (χ0n) is 14.1. The molecule has 0 saturated carbocycles. The maximum absolute atomic E-state index is 12.5. The van der Waals surface area contributed by atoms with Crippen molar-refractivity contribution in [3.8, 4) is 0 Å². The molecule has 0 spiro atoms. The van der Waals surface area contributed by atoms with Crippen LogP contribution in [0.2, 0.25) is 0 Å². The van der Waals surface area contributed by atoms with Gasteiger partial charge in [0.15, 0.2) is 0 Å². The van der Waals surface area contributed by atoms with E-state index in [4.69, 9.17) is 0 Å². The summed E-state index contributed by atoms with van der Waals surface area (Å²) in [5.41, 5.74) is 0.902. The molecule has 5 heteroatoms. The van der Waals surface area contributed by atoms with Crippen LogP contribution in [0.15, 0.2) is 30.3 Å². The zero-order chi connectivity index (χ0) is 16.9. The van der Waals surface area contributed by atoms with Gasteiger partial charge in [-0.3, -0.25) is 9.59 Å². The maximum Gasteiger partial charge on any atom is 0.224 e. The molecule has 3 rings (SSSR count). The molecule has 0 bridgehead atoms. The Bertz CT molecular complexity index is 575. The largest absolute Gasteiger partial charge is 0.388 e. The van der Waals surface area contributed by atoms with E-state index in [-0.39, 0.29) is 17.9 Å². The molecule has 0 radical (unpaired) electrons. The molecule has 1 aromatic rings. The van der Waals surface area contributed by atoms with Crippen molar-refractivity contribution in [3.63, 3.8) is 0 Å². The SMILES string of the molecule is O=C1CCCN1CCC(=O)N1CCCC1CC(O)c1ccccc1. The number of likely N-dealkylation sites (tertiary alicyclic amines) is 2. The van der Waals surface area contributed by atoms with Gasteiger partial charge in [0.1, 0.15) is 0 Å². The number of hydrogen-bond donors (Lipinski definition) is 1. The smallest absolute Gasteiger partial charge is 0.224 e. The Morgan fingerprint density at radius 3 is 2.71 bits per heavy atom. The third kappa shape index (κ3) is 3.96. The van der Waals surface area contributed by atoms with Crippen LogP contribution in [0, 0.1) is 0 Å². The lowest BCUT2D eigenvalue weighted by Crippen LogP contribution is -2.38. The van der Waals surface area contributed by atoms with E-state index in [1.807, 2.05) is 35.2 Å². The number of carbonyl (C=O) groups is 2. The van der Waals surface area contributed by atoms with Crippen molar-refractivity contribution in [2.24, 2.45) is 0 Å². The normalized spacial score (nSPS) is 22.2. The number of aliphatic hydroxyl groups is 1. The third-order valence-electron chi connectivity index (χ3n) is 5.14. The highest BCUT2D eigenvalue weighted by molar-refractivity contribution is 5.80. The molecule has 2 atom stereocenters. The molecule has 0 aliphatic carbocycles. The van der Waals surface area contributed by atoms with Gasteiger partial charge in [-0.05, 0) is 31.2 Å². The Morgan fingerprint density at radius 2 is 2.00 bits per heavy atom. The first-order chi connectivity index (χ1) is 11.6. The molecule has 5 nitrogen and oxygen atoms in total. The molecule has 1 N–H and O–H groups in total. The Morgan fingerprint density at radius 1 is 1.21 bits per heavy atom. The fourth-order valence-corrected chi connectivity index (χ4v) is 3.79. The highest BCUT2D eigenvalue weighted by atomic mass is 16.3. The van der Waals surface area contributed by atoms with E-state index < -0.39 is 6.10 Å². The van der Waals surface area contributed by atoms with E-state index in [0.29, 0.717) is 25.8 Å². The quantitative estimate of drug-likeness (QED) is 0.869. The fraction of sp³-hybridized carbons (Fsp3) is 0.579. The summed E-state index contributed by atoms with van der Waals surface area (Å²) in [6.07, 6.45) is 3.89. The second kappa shape index (κ2) is 7.79. The van der Waals surface area contributed by atoms with Crippen molar-refractivity contribution < 1.29 is 14.7 Å². The lowest BCUT2D eigenvalue weighted by Gasteiger charge is -2.27. The molecule has 24 heavy (non-hydrogen) atoms. The molecule has 2 fully saturated rings. The predicted molar refractivity (Wildman–Crippen MR) is 91.2 cm³/mol. The molecule has 2 saturated heterocycles. The third-order valence-corrected chi connectivity index (χ3v) is 5.14. The molecule has 1 aromatic carbocycles. The molecule has 130 valence electrons. The Kier molecular flexibility index (Phi) is 5.51. The average molecular weight is 330 g/mol. The van der Waals surface area contributed by atoms with Crippen LogP contribution in [0.25, 0.3) is 0 Å². The van der Waals surface area contributed by atoms with Crippen molar-refractivity contribution in [2.45, 2.75) is 50.7 Å². The second-order valence-electron chi connectivity index (χ2n) is 6.78. The van der Waals surface area contributed by atoms with Gasteiger partial charge in [-0.15, -0.1) is 0 Å². The van der Waals surface area contributed by atoms with Crippen LogP contribution < -0.4 is 0 Å². The van der Waals surface area contributed by atoms with Gasteiger partial charge in [-0.1, -0.05) is 30.3 Å². The Labute approximate surface area is 143 Å². The number of benzene rings is 1. The van der Waals surface area contributed by atoms with Gasteiger partial charge in [0.2, 0.25) is 11.8 Å². The molecule has 2 amide bonds. The average Bonchev–Trinajstić information content (AvgIpc) is 3.22. The lowest BCUT2D eigenvalue weighted by atomic mass is 10.0. The summed E-state index contributed by atoms with van der Waals surface area (Å²) in [5, 5.41) is 10.4. The van der Waals surface area contributed by atoms with Crippen LogP contribution in [-0.4, -0.2) is 52.4 Å². The summed E-state index contributed by atoms with van der Waals surface area (Å²) in [6, 6.07) is 9.71. The van der Waals surface area contributed by atoms with Gasteiger partial charge in [0.05, 0.1) is 6.10 Å². The van der Waals surface area contributed by atoms with Crippen molar-refractivity contribution in [2.75, 3.05) is 19.6 Å². The second-order valence-corrected chi connectivity index (χ2v) is 6.78. The standard InChI is InChI=1S/C19H26N2O3/c22-17(15-6-2-1-3-7-15)14-16-8-4-12-21(16)19(24)10-13-20-11-5-9-18(20)23/h1-3,6-7,16-17,22H,4-5,8-14H2. The minimum absolute atomic E-state index is 0.0991. The van der Waals surface area contributed by atoms with Crippen LogP contribution >= 0.6 is 0 Å². The van der Waals surface area contributed by atoms with E-state index in [9.17, 15) is 14.7 Å². The van der Waals surface area contributed by atoms with E-state index in [1.54, 1.807) is 4.90 Å². The molecular weight excluding hydrogens is 304 g/mol. The summed E-state index contributed by atoms with van der Waals surface area (Å²) in [4.78, 5) is 27.9. The van der Waals surface area contributed by atoms with Crippen LogP contribution in [-0.2, 0) is 9.59 Å². The fourth-order valence-electron chi connectivity index (χ4n) is 3.79. The van der Waals surface area contributed by atoms with E-state index in [0.717, 1.165) is 37.9 Å². The molecule has 2 aliphatic rings. The topological polar surface area (TPSA) is 60.9 Å². The van der Waals surface area contributed by atoms with Gasteiger partial charge in [-0.2, -0.15) is 0 Å². The Balaban J connectivity index is 1.52. The summed E-state index contributed by atoms with van der Waals surface area (Å²) >= 11 is 0. The molecular formula is C19H26N2O3. The van der Waals surface area contributed by atoms with Crippen LogP contribution in [0.1, 0.15) is 50.2 Å². The molecule has 0 aromatic heterocycles. The first kappa shape index (κ1) is 17.0. The number of nitrogens with zero attached hydrogens (tertiary/aromatic N) is 2. The van der Waals surface area contributed by atoms with Gasteiger partial charge < -0.3 is 14.9 Å². The summed E-state index contributed by atoms with van der Waals surface area (Å²) in [7, 11) is 0. The van der Waals surface area contributed by atoms with E-state index >= 15 is 0 Å². The number of rotatable bonds is 6. The number of aliphatic hydroxyl groups excluding tert-OH is 1. The predicted octanol–water partition coefficient (Wildman–Crippen LogP) is 2.11. The highest BCUT2D eigenvalue weighted by Crippen LogP contribution is 2.28. The van der Waals surface area contributed by atoms with Gasteiger partial charge >= 0.3 is 0 Å². The van der Waals surface area contributed by atoms with Crippen molar-refractivity contribution in [1.29, 1.82) is 0 Å². The summed E-state index contributed by atoms with van der Waals surface area (Å²) in [6.45, 7) is 2.07. The number of carbonyl (C=O) groups excluding carboxylic acids is 2. The van der Waals surface area contributed by atoms with E-state index in [2.05, 4.69) is 0 Å². The zero-order valence-corrected chi connectivity index (χ0v) is 14.1. The first-order valence-electron chi connectivity index (χ1n) is 8.95. The van der Waals surface area contributed by atoms with Crippen molar-refractivity contribution >= 4 is 11.8 Å². The van der Waals surface area contributed by atoms with Gasteiger partial charge in [0.25, 0.3) is 0 Å². The monoisotopic (exact) mass is 330 g/mol. The minimum atomic E-state index is -0.537. The maximum atomic E-state index is 12.5. The van der Waals surface area contributed by atoms with Crippen LogP contribution in [0.4, 0.5) is 0 Å². The van der Waals surface area contributed by atoms with Crippen molar-refractivity contribution in [1.82, 2.24) is 9.80 Å². The summed E-state index contributed by atoms with van der Waals surface area (Å²) < 4.78 is 0. The van der Waals surface area contributed by atoms with E-state index in [1.165, 1.54) is 0 Å². The highest BCUT2D eigenvalue weighted by Gasteiger charge is 2.31. The molecule has 2 heterocycles. The number of amides is 2. The van der Waals surface area contributed by atoms with Gasteiger partial charge in [-0.25, -0.2) is 0 Å². The Hall–Kier alpha value is -1.88. The van der Waals surface area contributed by atoms with Crippen LogP contribution in [0.3, 0.4) is 0 Å². The first-order valence-corrected chi connectivity index (χ1v) is 8.95. The number of hydrogen-bond acceptors (Lipinski definition) is 3. The van der Waals surface area contributed by atoms with Crippen molar-refractivity contribution in [3.05, 3.63) is 35.9 Å². The minimum Gasteiger partial charge on any atom is -0.388 e. The summed E-state index contributed by atoms with van der Waals surface area (Å²) in [5.74, 6) is 0.276.